The van der Waals surface area contributed by atoms with Crippen LogP contribution in [-0.2, 0) is 21.2 Å². The quantitative estimate of drug-likeness (QED) is 0.626. The first-order valence-corrected chi connectivity index (χ1v) is 11.6. The van der Waals surface area contributed by atoms with Crippen LogP contribution in [0.1, 0.15) is 50.8 Å². The third-order valence-corrected chi connectivity index (χ3v) is 7.12. The maximum Gasteiger partial charge on any atom is 0.250 e. The first-order chi connectivity index (χ1) is 12.8. The maximum absolute atomic E-state index is 12.3. The molecule has 0 aliphatic heterocycles. The lowest BCUT2D eigenvalue weighted by atomic mass is 9.94. The van der Waals surface area contributed by atoms with Crippen LogP contribution in [0.25, 0.3) is 0 Å². The minimum atomic E-state index is -3.53. The van der Waals surface area contributed by atoms with Crippen molar-refractivity contribution in [3.8, 4) is 0 Å². The SMILES string of the molecule is CCCc1ccc(C(NC(=O)CCNS(=O)(=O)c2cccs2)C(C)C)cc1. The molecule has 0 aliphatic rings. The van der Waals surface area contributed by atoms with Crippen LogP contribution in [0.5, 0.6) is 0 Å². The largest absolute Gasteiger partial charge is 0.349 e. The summed E-state index contributed by atoms with van der Waals surface area (Å²) in [5.41, 5.74) is 2.36. The van der Waals surface area contributed by atoms with Crippen molar-refractivity contribution in [3.63, 3.8) is 0 Å². The number of rotatable bonds is 10. The van der Waals surface area contributed by atoms with Gasteiger partial charge in [0.05, 0.1) is 6.04 Å². The highest BCUT2D eigenvalue weighted by molar-refractivity contribution is 7.91. The van der Waals surface area contributed by atoms with Crippen LogP contribution in [0.4, 0.5) is 0 Å². The van der Waals surface area contributed by atoms with Crippen LogP contribution in [0, 0.1) is 5.92 Å². The molecule has 1 aromatic carbocycles. The van der Waals surface area contributed by atoms with Crippen LogP contribution in [0.2, 0.25) is 0 Å². The summed E-state index contributed by atoms with van der Waals surface area (Å²) in [6.07, 6.45) is 2.25. The molecule has 2 aromatic rings. The van der Waals surface area contributed by atoms with E-state index in [-0.39, 0.29) is 35.0 Å². The van der Waals surface area contributed by atoms with Crippen LogP contribution >= 0.6 is 11.3 Å². The molecule has 0 aliphatic carbocycles. The Hall–Kier alpha value is -1.70. The van der Waals surface area contributed by atoms with E-state index in [1.54, 1.807) is 17.5 Å². The number of carbonyl (C=O) groups excluding carboxylic acids is 1. The van der Waals surface area contributed by atoms with E-state index in [9.17, 15) is 13.2 Å². The lowest BCUT2D eigenvalue weighted by molar-refractivity contribution is -0.122. The number of carbonyl (C=O) groups is 1. The van der Waals surface area contributed by atoms with E-state index in [2.05, 4.69) is 55.1 Å². The maximum atomic E-state index is 12.3. The van der Waals surface area contributed by atoms with Gasteiger partial charge in [-0.15, -0.1) is 11.3 Å². The fourth-order valence-electron chi connectivity index (χ4n) is 2.85. The molecule has 1 unspecified atom stereocenters. The summed E-state index contributed by atoms with van der Waals surface area (Å²) in [5, 5.41) is 4.74. The smallest absolute Gasteiger partial charge is 0.250 e. The van der Waals surface area contributed by atoms with E-state index in [1.165, 1.54) is 5.56 Å². The summed E-state index contributed by atoms with van der Waals surface area (Å²) < 4.78 is 26.9. The van der Waals surface area contributed by atoms with Gasteiger partial charge in [-0.2, -0.15) is 0 Å². The van der Waals surface area contributed by atoms with Gasteiger partial charge >= 0.3 is 0 Å². The third kappa shape index (κ3) is 6.45. The molecule has 0 bridgehead atoms. The Morgan fingerprint density at radius 2 is 1.85 bits per heavy atom. The number of amides is 1. The highest BCUT2D eigenvalue weighted by atomic mass is 32.2. The van der Waals surface area contributed by atoms with E-state index < -0.39 is 10.0 Å². The second-order valence-electron chi connectivity index (χ2n) is 6.86. The predicted octanol–water partition coefficient (Wildman–Crippen LogP) is 3.88. The molecule has 0 saturated carbocycles. The number of thiophene rings is 1. The standard InChI is InChI=1S/C20H28N2O3S2/c1-4-6-16-8-10-17(11-9-16)20(15(2)3)22-18(23)12-13-21-27(24,25)19-7-5-14-26-19/h5,7-11,14-15,20-21H,4,6,12-13H2,1-3H3,(H,22,23). The zero-order chi connectivity index (χ0) is 19.9. The van der Waals surface area contributed by atoms with Crippen LogP contribution in [0.15, 0.2) is 46.0 Å². The van der Waals surface area contributed by atoms with Crippen LogP contribution in [0.3, 0.4) is 0 Å². The molecular weight excluding hydrogens is 380 g/mol. The molecule has 0 spiro atoms. The van der Waals surface area contributed by atoms with E-state index in [4.69, 9.17) is 0 Å². The average molecular weight is 409 g/mol. The second-order valence-corrected chi connectivity index (χ2v) is 9.80. The number of nitrogens with one attached hydrogen (secondary N) is 2. The van der Waals surface area contributed by atoms with Gasteiger partial charge in [-0.3, -0.25) is 4.79 Å². The normalized spacial score (nSPS) is 12.9. The fourth-order valence-corrected chi connectivity index (χ4v) is 4.92. The van der Waals surface area contributed by atoms with Crippen LogP contribution in [-0.4, -0.2) is 20.9 Å². The van der Waals surface area contributed by atoms with Gasteiger partial charge in [0.25, 0.3) is 0 Å². The van der Waals surface area contributed by atoms with E-state index in [0.29, 0.717) is 0 Å². The molecule has 148 valence electrons. The summed E-state index contributed by atoms with van der Waals surface area (Å²) >= 11 is 1.15. The highest BCUT2D eigenvalue weighted by Gasteiger charge is 2.19. The van der Waals surface area contributed by atoms with E-state index in [1.807, 2.05) is 0 Å². The first kappa shape index (κ1) is 21.6. The summed E-state index contributed by atoms with van der Waals surface area (Å²) in [6, 6.07) is 11.5. The van der Waals surface area contributed by atoms with Crippen molar-refractivity contribution in [2.24, 2.45) is 5.92 Å². The van der Waals surface area contributed by atoms with Gasteiger partial charge in [-0.05, 0) is 34.9 Å². The molecule has 0 fully saturated rings. The molecule has 1 atom stereocenters. The fraction of sp³-hybridized carbons (Fsp3) is 0.450. The topological polar surface area (TPSA) is 75.3 Å². The van der Waals surface area contributed by atoms with Crippen LogP contribution < -0.4 is 10.0 Å². The van der Waals surface area contributed by atoms with Crippen molar-refractivity contribution in [1.29, 1.82) is 0 Å². The summed E-state index contributed by atoms with van der Waals surface area (Å²) in [4.78, 5) is 12.3. The van der Waals surface area contributed by atoms with Gasteiger partial charge in [-0.1, -0.05) is 57.5 Å². The minimum Gasteiger partial charge on any atom is -0.349 e. The van der Waals surface area contributed by atoms with Crippen molar-refractivity contribution in [2.45, 2.75) is 50.3 Å². The molecule has 0 radical (unpaired) electrons. The van der Waals surface area contributed by atoms with Crippen molar-refractivity contribution in [2.75, 3.05) is 6.54 Å². The molecule has 1 aromatic heterocycles. The van der Waals surface area contributed by atoms with E-state index >= 15 is 0 Å². The lowest BCUT2D eigenvalue weighted by Crippen LogP contribution is -2.34. The molecule has 2 rings (SSSR count). The molecule has 1 heterocycles. The number of hydrogen-bond acceptors (Lipinski definition) is 4. The van der Waals surface area contributed by atoms with Gasteiger partial charge in [0.1, 0.15) is 4.21 Å². The minimum absolute atomic E-state index is 0.0757. The summed E-state index contributed by atoms with van der Waals surface area (Å²) in [5.74, 6) is 0.0639. The Morgan fingerprint density at radius 1 is 1.15 bits per heavy atom. The Balaban J connectivity index is 1.91. The number of aryl methyl sites for hydroxylation is 1. The zero-order valence-corrected chi connectivity index (χ0v) is 17.7. The van der Waals surface area contributed by atoms with Gasteiger partial charge in [0.15, 0.2) is 0 Å². The third-order valence-electron chi connectivity index (χ3n) is 4.26. The lowest BCUT2D eigenvalue weighted by Gasteiger charge is -2.23. The average Bonchev–Trinajstić information content (AvgIpc) is 3.16. The van der Waals surface area contributed by atoms with Crippen molar-refractivity contribution in [1.82, 2.24) is 10.0 Å². The Kier molecular flexibility index (Phi) is 8.01. The van der Waals surface area contributed by atoms with Gasteiger partial charge in [-0.25, -0.2) is 13.1 Å². The highest BCUT2D eigenvalue weighted by Crippen LogP contribution is 2.22. The van der Waals surface area contributed by atoms with Crippen molar-refractivity contribution in [3.05, 3.63) is 52.9 Å². The zero-order valence-electron chi connectivity index (χ0n) is 16.1. The van der Waals surface area contributed by atoms with Gasteiger partial charge in [0, 0.05) is 13.0 Å². The number of hydrogen-bond donors (Lipinski definition) is 2. The van der Waals surface area contributed by atoms with Gasteiger partial charge in [0.2, 0.25) is 15.9 Å². The second kappa shape index (κ2) is 10.0. The molecule has 5 nitrogen and oxygen atoms in total. The van der Waals surface area contributed by atoms with E-state index in [0.717, 1.165) is 29.7 Å². The monoisotopic (exact) mass is 408 g/mol. The molecule has 2 N–H and O–H groups in total. The first-order valence-electron chi connectivity index (χ1n) is 9.25. The van der Waals surface area contributed by atoms with Crippen molar-refractivity contribution < 1.29 is 13.2 Å². The summed E-state index contributed by atoms with van der Waals surface area (Å²) in [6.45, 7) is 6.35. The number of sulfonamides is 1. The number of benzene rings is 1. The van der Waals surface area contributed by atoms with Gasteiger partial charge < -0.3 is 5.32 Å². The molecule has 0 saturated heterocycles. The Morgan fingerprint density at radius 3 is 2.41 bits per heavy atom. The molecule has 1 amide bonds. The summed E-state index contributed by atoms with van der Waals surface area (Å²) in [7, 11) is -3.53. The molecule has 7 heteroatoms. The molecule has 27 heavy (non-hydrogen) atoms. The predicted molar refractivity (Wildman–Crippen MR) is 110 cm³/mol. The van der Waals surface area contributed by atoms with Crippen molar-refractivity contribution >= 4 is 27.3 Å². The Labute approximate surface area is 166 Å². The Bertz CT molecular complexity index is 813. The molecular formula is C20H28N2O3S2.